The number of hydrogen-bond acceptors (Lipinski definition) is 3. The molecule has 1 saturated carbocycles. The summed E-state index contributed by atoms with van der Waals surface area (Å²) in [6, 6.07) is 0. The molecule has 0 radical (unpaired) electrons. The lowest BCUT2D eigenvalue weighted by Gasteiger charge is -2.20. The summed E-state index contributed by atoms with van der Waals surface area (Å²) in [7, 11) is 1.69. The van der Waals surface area contributed by atoms with Crippen molar-refractivity contribution >= 4 is 0 Å². The summed E-state index contributed by atoms with van der Waals surface area (Å²) in [4.78, 5) is 7.55. The van der Waals surface area contributed by atoms with Crippen molar-refractivity contribution in [2.75, 3.05) is 7.11 Å². The van der Waals surface area contributed by atoms with Crippen molar-refractivity contribution < 1.29 is 4.74 Å². The average Bonchev–Trinajstić information content (AvgIpc) is 2.72. The van der Waals surface area contributed by atoms with Crippen LogP contribution in [0.4, 0.5) is 0 Å². The molecule has 1 aliphatic rings. The second kappa shape index (κ2) is 2.81. The van der Waals surface area contributed by atoms with E-state index in [1.807, 2.05) is 20.0 Å². The monoisotopic (exact) mass is 195 g/mol. The Morgan fingerprint density at radius 1 is 1.57 bits per heavy atom. The molecule has 78 valence electrons. The number of imidazole rings is 1. The molecular weight excluding hydrogens is 178 g/mol. The Hall–Kier alpha value is -0.870. The SMILES string of the molecule is COC(C)(C)c1cnc(C2(N)CC2)[nH]1. The summed E-state index contributed by atoms with van der Waals surface area (Å²) in [6.45, 7) is 4.00. The van der Waals surface area contributed by atoms with Gasteiger partial charge in [-0.1, -0.05) is 0 Å². The first-order valence-electron chi connectivity index (χ1n) is 4.88. The van der Waals surface area contributed by atoms with E-state index < -0.39 is 0 Å². The number of H-pyrrole nitrogens is 1. The van der Waals surface area contributed by atoms with Gasteiger partial charge in [0.15, 0.2) is 0 Å². The molecule has 1 aromatic rings. The maximum Gasteiger partial charge on any atom is 0.126 e. The van der Waals surface area contributed by atoms with Gasteiger partial charge in [0.1, 0.15) is 11.4 Å². The number of methoxy groups -OCH3 is 1. The lowest BCUT2D eigenvalue weighted by molar-refractivity contribution is 0.0157. The number of ether oxygens (including phenoxy) is 1. The topological polar surface area (TPSA) is 63.9 Å². The highest BCUT2D eigenvalue weighted by molar-refractivity contribution is 5.19. The number of nitrogens with two attached hydrogens (primary N) is 1. The molecular formula is C10H17N3O. The Labute approximate surface area is 83.9 Å². The Balaban J connectivity index is 2.26. The van der Waals surface area contributed by atoms with E-state index in [1.54, 1.807) is 7.11 Å². The number of aromatic amines is 1. The molecule has 14 heavy (non-hydrogen) atoms. The predicted molar refractivity (Wildman–Crippen MR) is 53.7 cm³/mol. The van der Waals surface area contributed by atoms with Gasteiger partial charge in [-0.25, -0.2) is 4.98 Å². The fourth-order valence-electron chi connectivity index (χ4n) is 1.36. The normalized spacial score (nSPS) is 19.7. The summed E-state index contributed by atoms with van der Waals surface area (Å²) < 4.78 is 5.36. The molecule has 0 spiro atoms. The summed E-state index contributed by atoms with van der Waals surface area (Å²) in [5, 5.41) is 0. The van der Waals surface area contributed by atoms with E-state index in [9.17, 15) is 0 Å². The highest BCUT2D eigenvalue weighted by atomic mass is 16.5. The molecule has 1 heterocycles. The van der Waals surface area contributed by atoms with E-state index in [2.05, 4.69) is 9.97 Å². The van der Waals surface area contributed by atoms with Crippen molar-refractivity contribution in [3.8, 4) is 0 Å². The maximum absolute atomic E-state index is 6.03. The molecule has 4 nitrogen and oxygen atoms in total. The van der Waals surface area contributed by atoms with E-state index in [0.717, 1.165) is 24.4 Å². The molecule has 2 rings (SSSR count). The van der Waals surface area contributed by atoms with Crippen molar-refractivity contribution in [3.63, 3.8) is 0 Å². The number of nitrogens with zero attached hydrogens (tertiary/aromatic N) is 1. The zero-order valence-corrected chi connectivity index (χ0v) is 8.92. The van der Waals surface area contributed by atoms with E-state index in [-0.39, 0.29) is 11.1 Å². The minimum atomic E-state index is -0.323. The largest absolute Gasteiger partial charge is 0.373 e. The molecule has 1 aromatic heterocycles. The Kier molecular flexibility index (Phi) is 1.94. The lowest BCUT2D eigenvalue weighted by atomic mass is 10.1. The highest BCUT2D eigenvalue weighted by Gasteiger charge is 2.43. The smallest absolute Gasteiger partial charge is 0.126 e. The minimum absolute atomic E-state index is 0.192. The number of hydrogen-bond donors (Lipinski definition) is 2. The highest BCUT2D eigenvalue weighted by Crippen LogP contribution is 2.41. The van der Waals surface area contributed by atoms with E-state index in [1.165, 1.54) is 0 Å². The van der Waals surface area contributed by atoms with Crippen LogP contribution in [-0.2, 0) is 15.9 Å². The van der Waals surface area contributed by atoms with Crippen LogP contribution in [0, 0.1) is 0 Å². The first-order chi connectivity index (χ1) is 6.48. The fourth-order valence-corrected chi connectivity index (χ4v) is 1.36. The third-order valence-electron chi connectivity index (χ3n) is 3.00. The van der Waals surface area contributed by atoms with E-state index >= 15 is 0 Å². The van der Waals surface area contributed by atoms with Crippen molar-refractivity contribution in [3.05, 3.63) is 17.7 Å². The van der Waals surface area contributed by atoms with Gasteiger partial charge in [-0.05, 0) is 26.7 Å². The van der Waals surface area contributed by atoms with Gasteiger partial charge in [-0.2, -0.15) is 0 Å². The van der Waals surface area contributed by atoms with Crippen molar-refractivity contribution in [1.82, 2.24) is 9.97 Å². The van der Waals surface area contributed by atoms with Crippen molar-refractivity contribution in [2.24, 2.45) is 5.73 Å². The number of nitrogens with one attached hydrogen (secondary N) is 1. The molecule has 3 N–H and O–H groups in total. The predicted octanol–water partition coefficient (Wildman–Crippen LogP) is 1.24. The van der Waals surface area contributed by atoms with Gasteiger partial charge in [0.05, 0.1) is 17.4 Å². The summed E-state index contributed by atoms with van der Waals surface area (Å²) >= 11 is 0. The van der Waals surface area contributed by atoms with Crippen LogP contribution in [0.2, 0.25) is 0 Å². The molecule has 0 saturated heterocycles. The molecule has 1 fully saturated rings. The first kappa shape index (κ1) is 9.68. The van der Waals surface area contributed by atoms with Crippen LogP contribution in [0.3, 0.4) is 0 Å². The van der Waals surface area contributed by atoms with Crippen LogP contribution >= 0.6 is 0 Å². The molecule has 0 atom stereocenters. The van der Waals surface area contributed by atoms with Gasteiger partial charge in [0.25, 0.3) is 0 Å². The summed E-state index contributed by atoms with van der Waals surface area (Å²) in [5.41, 5.74) is 6.49. The van der Waals surface area contributed by atoms with Gasteiger partial charge in [-0.15, -0.1) is 0 Å². The molecule has 0 aliphatic heterocycles. The molecule has 1 aliphatic carbocycles. The lowest BCUT2D eigenvalue weighted by Crippen LogP contribution is -2.23. The standard InChI is InChI=1S/C10H17N3O/c1-9(2,14-3)7-6-12-8(13-7)10(11)4-5-10/h6H,4-5,11H2,1-3H3,(H,12,13). The van der Waals surface area contributed by atoms with Crippen LogP contribution in [0.1, 0.15) is 38.2 Å². The van der Waals surface area contributed by atoms with Gasteiger partial charge < -0.3 is 15.5 Å². The summed E-state index contributed by atoms with van der Waals surface area (Å²) in [5.74, 6) is 0.887. The molecule has 4 heteroatoms. The average molecular weight is 195 g/mol. The van der Waals surface area contributed by atoms with Crippen LogP contribution in [0.15, 0.2) is 6.20 Å². The van der Waals surface area contributed by atoms with E-state index in [4.69, 9.17) is 10.5 Å². The van der Waals surface area contributed by atoms with Gasteiger partial charge >= 0.3 is 0 Å². The molecule has 0 unspecified atom stereocenters. The number of rotatable bonds is 3. The van der Waals surface area contributed by atoms with Crippen LogP contribution < -0.4 is 5.73 Å². The first-order valence-corrected chi connectivity index (χ1v) is 4.88. The second-order valence-electron chi connectivity index (χ2n) is 4.52. The Bertz CT molecular complexity index is 339. The Morgan fingerprint density at radius 3 is 2.71 bits per heavy atom. The van der Waals surface area contributed by atoms with Crippen LogP contribution in [0.5, 0.6) is 0 Å². The van der Waals surface area contributed by atoms with Crippen LogP contribution in [-0.4, -0.2) is 17.1 Å². The maximum atomic E-state index is 6.03. The summed E-state index contributed by atoms with van der Waals surface area (Å²) in [6.07, 6.45) is 3.85. The fraction of sp³-hybridized carbons (Fsp3) is 0.700. The zero-order chi connectivity index (χ0) is 10.4. The van der Waals surface area contributed by atoms with Gasteiger partial charge in [0.2, 0.25) is 0 Å². The third kappa shape index (κ3) is 1.44. The van der Waals surface area contributed by atoms with E-state index in [0.29, 0.717) is 0 Å². The van der Waals surface area contributed by atoms with Gasteiger partial charge in [0, 0.05) is 7.11 Å². The minimum Gasteiger partial charge on any atom is -0.373 e. The Morgan fingerprint density at radius 2 is 2.21 bits per heavy atom. The van der Waals surface area contributed by atoms with Crippen molar-refractivity contribution in [1.29, 1.82) is 0 Å². The molecule has 0 amide bonds. The molecule has 0 aromatic carbocycles. The van der Waals surface area contributed by atoms with Gasteiger partial charge in [-0.3, -0.25) is 0 Å². The number of aromatic nitrogens is 2. The third-order valence-corrected chi connectivity index (χ3v) is 3.00. The van der Waals surface area contributed by atoms with Crippen molar-refractivity contribution in [2.45, 2.75) is 37.8 Å². The van der Waals surface area contributed by atoms with Crippen LogP contribution in [0.25, 0.3) is 0 Å². The zero-order valence-electron chi connectivity index (χ0n) is 8.92. The quantitative estimate of drug-likeness (QED) is 0.762. The second-order valence-corrected chi connectivity index (χ2v) is 4.52. The molecule has 0 bridgehead atoms.